The number of hydrogen-bond acceptors (Lipinski definition) is 4. The Morgan fingerprint density at radius 1 is 1.32 bits per heavy atom. The number of anilines is 2. The van der Waals surface area contributed by atoms with Gasteiger partial charge in [-0.05, 0) is 25.5 Å². The summed E-state index contributed by atoms with van der Waals surface area (Å²) in [7, 11) is 0. The Kier molecular flexibility index (Phi) is 3.58. The second-order valence-corrected chi connectivity index (χ2v) is 5.29. The van der Waals surface area contributed by atoms with Crippen molar-refractivity contribution >= 4 is 22.7 Å². The quantitative estimate of drug-likeness (QED) is 0.688. The fraction of sp³-hybridized carbons (Fsp3) is 0.250. The molecule has 114 valence electrons. The van der Waals surface area contributed by atoms with Gasteiger partial charge in [-0.3, -0.25) is 9.78 Å². The first-order valence-corrected chi connectivity index (χ1v) is 7.26. The molecule has 0 amide bonds. The molecule has 0 aliphatic heterocycles. The lowest BCUT2D eigenvalue weighted by Crippen LogP contribution is -2.23. The van der Waals surface area contributed by atoms with Crippen LogP contribution in [0.25, 0.3) is 11.0 Å². The van der Waals surface area contributed by atoms with Crippen LogP contribution in [0.4, 0.5) is 11.6 Å². The Morgan fingerprint density at radius 2 is 2.09 bits per heavy atom. The van der Waals surface area contributed by atoms with Gasteiger partial charge < -0.3 is 15.6 Å². The highest BCUT2D eigenvalue weighted by Gasteiger charge is 2.14. The van der Waals surface area contributed by atoms with Crippen LogP contribution in [-0.4, -0.2) is 21.5 Å². The van der Waals surface area contributed by atoms with Crippen LogP contribution < -0.4 is 16.2 Å². The normalized spacial score (nSPS) is 11.0. The minimum absolute atomic E-state index is 0.122. The van der Waals surface area contributed by atoms with Gasteiger partial charge in [-0.1, -0.05) is 18.2 Å². The molecule has 3 aromatic rings. The molecule has 0 aliphatic rings. The first-order valence-electron chi connectivity index (χ1n) is 7.26. The number of aromatic nitrogens is 3. The monoisotopic (exact) mass is 297 g/mol. The largest absolute Gasteiger partial charge is 0.369 e. The topological polar surface area (TPSA) is 90.8 Å². The van der Waals surface area contributed by atoms with E-state index in [-0.39, 0.29) is 11.5 Å². The summed E-state index contributed by atoms with van der Waals surface area (Å²) < 4.78 is 0. The molecule has 0 saturated heterocycles. The highest BCUT2D eigenvalue weighted by molar-refractivity contribution is 5.79. The molecule has 0 saturated carbocycles. The van der Waals surface area contributed by atoms with E-state index in [0.29, 0.717) is 17.6 Å². The highest BCUT2D eigenvalue weighted by Crippen LogP contribution is 2.23. The third-order valence-electron chi connectivity index (χ3n) is 3.84. The van der Waals surface area contributed by atoms with E-state index in [2.05, 4.69) is 45.8 Å². The fourth-order valence-corrected chi connectivity index (χ4v) is 2.74. The molecule has 0 aliphatic carbocycles. The number of nitrogens with one attached hydrogen (secondary N) is 2. The Morgan fingerprint density at radius 3 is 2.82 bits per heavy atom. The van der Waals surface area contributed by atoms with Crippen LogP contribution >= 0.6 is 0 Å². The standard InChI is InChI=1S/C16H19N5O/c1-3-21(12-7-5-4-6-10(12)2)9-11-8-18-14-13(11)15(22)20-16(17)19-14/h4-8H,3,9H2,1-2H3,(H4,17,18,19,20,22). The van der Waals surface area contributed by atoms with Crippen LogP contribution in [-0.2, 0) is 6.54 Å². The minimum atomic E-state index is -0.209. The van der Waals surface area contributed by atoms with Gasteiger partial charge in [-0.25, -0.2) is 0 Å². The molecule has 1 aromatic carbocycles. The number of hydrogen-bond donors (Lipinski definition) is 3. The molecule has 0 bridgehead atoms. The van der Waals surface area contributed by atoms with Gasteiger partial charge in [0.15, 0.2) is 0 Å². The van der Waals surface area contributed by atoms with Gasteiger partial charge in [0.05, 0.1) is 5.39 Å². The van der Waals surface area contributed by atoms with Crippen molar-refractivity contribution < 1.29 is 0 Å². The van der Waals surface area contributed by atoms with Crippen LogP contribution in [0, 0.1) is 6.92 Å². The summed E-state index contributed by atoms with van der Waals surface area (Å²) >= 11 is 0. The molecule has 0 radical (unpaired) electrons. The molecule has 0 fully saturated rings. The van der Waals surface area contributed by atoms with Gasteiger partial charge in [-0.2, -0.15) is 4.98 Å². The number of nitrogens with two attached hydrogens (primary N) is 1. The lowest BCUT2D eigenvalue weighted by molar-refractivity contribution is 0.831. The van der Waals surface area contributed by atoms with Crippen molar-refractivity contribution in [1.29, 1.82) is 0 Å². The predicted octanol–water partition coefficient (Wildman–Crippen LogP) is 2.17. The summed E-state index contributed by atoms with van der Waals surface area (Å²) in [5.74, 6) is 0.122. The Balaban J connectivity index is 2.02. The van der Waals surface area contributed by atoms with Crippen LogP contribution in [0.5, 0.6) is 0 Å². The van der Waals surface area contributed by atoms with Gasteiger partial charge in [0.1, 0.15) is 5.65 Å². The van der Waals surface area contributed by atoms with E-state index in [1.807, 2.05) is 18.3 Å². The van der Waals surface area contributed by atoms with Crippen LogP contribution in [0.3, 0.4) is 0 Å². The van der Waals surface area contributed by atoms with Crippen LogP contribution in [0.1, 0.15) is 18.1 Å². The van der Waals surface area contributed by atoms with E-state index < -0.39 is 0 Å². The van der Waals surface area contributed by atoms with E-state index in [1.165, 1.54) is 11.3 Å². The maximum atomic E-state index is 12.1. The predicted molar refractivity (Wildman–Crippen MR) is 89.0 cm³/mol. The number of H-pyrrole nitrogens is 2. The molecule has 22 heavy (non-hydrogen) atoms. The van der Waals surface area contributed by atoms with Gasteiger partial charge in [0.2, 0.25) is 5.95 Å². The maximum Gasteiger partial charge on any atom is 0.262 e. The summed E-state index contributed by atoms with van der Waals surface area (Å²) in [6.45, 7) is 5.66. The average molecular weight is 297 g/mol. The van der Waals surface area contributed by atoms with Crippen molar-refractivity contribution in [2.45, 2.75) is 20.4 Å². The molecule has 2 heterocycles. The second-order valence-electron chi connectivity index (χ2n) is 5.29. The highest BCUT2D eigenvalue weighted by atomic mass is 16.1. The maximum absolute atomic E-state index is 12.1. The number of aryl methyl sites for hydroxylation is 1. The molecule has 0 spiro atoms. The van der Waals surface area contributed by atoms with Gasteiger partial charge in [0, 0.05) is 30.5 Å². The number of para-hydroxylation sites is 1. The number of fused-ring (bicyclic) bond motifs is 1. The molecular formula is C16H19N5O. The van der Waals surface area contributed by atoms with E-state index in [4.69, 9.17) is 5.73 Å². The molecule has 6 nitrogen and oxygen atoms in total. The summed E-state index contributed by atoms with van der Waals surface area (Å²) in [6, 6.07) is 8.22. The molecule has 6 heteroatoms. The Hall–Kier alpha value is -2.76. The molecular weight excluding hydrogens is 278 g/mol. The van der Waals surface area contributed by atoms with Crippen molar-refractivity contribution in [3.63, 3.8) is 0 Å². The lowest BCUT2D eigenvalue weighted by atomic mass is 10.1. The number of aromatic amines is 2. The third-order valence-corrected chi connectivity index (χ3v) is 3.84. The summed E-state index contributed by atoms with van der Waals surface area (Å²) in [5, 5.41) is 0.571. The molecule has 4 N–H and O–H groups in total. The Bertz CT molecular complexity index is 864. The van der Waals surface area contributed by atoms with E-state index in [9.17, 15) is 4.79 Å². The third kappa shape index (κ3) is 2.43. The SMILES string of the molecule is CCN(Cc1c[nH]c2nc(N)[nH]c(=O)c12)c1ccccc1C. The van der Waals surface area contributed by atoms with E-state index in [1.54, 1.807) is 0 Å². The van der Waals surface area contributed by atoms with Crippen molar-refractivity contribution in [3.05, 3.63) is 51.9 Å². The molecule has 0 unspecified atom stereocenters. The first-order chi connectivity index (χ1) is 10.6. The van der Waals surface area contributed by atoms with Crippen molar-refractivity contribution in [2.75, 3.05) is 17.2 Å². The lowest BCUT2D eigenvalue weighted by Gasteiger charge is -2.24. The fourth-order valence-electron chi connectivity index (χ4n) is 2.74. The first kappa shape index (κ1) is 14.2. The smallest absolute Gasteiger partial charge is 0.262 e. The van der Waals surface area contributed by atoms with Crippen molar-refractivity contribution in [3.8, 4) is 0 Å². The second kappa shape index (κ2) is 5.55. The molecule has 2 aromatic heterocycles. The zero-order valence-corrected chi connectivity index (χ0v) is 12.7. The number of benzene rings is 1. The van der Waals surface area contributed by atoms with Crippen LogP contribution in [0.15, 0.2) is 35.3 Å². The summed E-state index contributed by atoms with van der Waals surface area (Å²) in [4.78, 5) is 24.1. The van der Waals surface area contributed by atoms with E-state index in [0.717, 1.165) is 12.1 Å². The number of rotatable bonds is 4. The molecule has 3 rings (SSSR count). The minimum Gasteiger partial charge on any atom is -0.369 e. The summed E-state index contributed by atoms with van der Waals surface area (Å²) in [6.07, 6.45) is 1.83. The van der Waals surface area contributed by atoms with E-state index >= 15 is 0 Å². The average Bonchev–Trinajstić information content (AvgIpc) is 2.88. The zero-order valence-electron chi connectivity index (χ0n) is 12.7. The zero-order chi connectivity index (χ0) is 15.7. The number of nitrogens with zero attached hydrogens (tertiary/aromatic N) is 2. The van der Waals surface area contributed by atoms with Crippen LogP contribution in [0.2, 0.25) is 0 Å². The summed E-state index contributed by atoms with van der Waals surface area (Å²) in [5.41, 5.74) is 9.18. The van der Waals surface area contributed by atoms with Crippen molar-refractivity contribution in [1.82, 2.24) is 15.0 Å². The van der Waals surface area contributed by atoms with Crippen molar-refractivity contribution in [2.24, 2.45) is 0 Å². The molecule has 0 atom stereocenters. The Labute approximate surface area is 128 Å². The van der Waals surface area contributed by atoms with Gasteiger partial charge >= 0.3 is 0 Å². The van der Waals surface area contributed by atoms with Gasteiger partial charge in [0.25, 0.3) is 5.56 Å². The number of nitrogen functional groups attached to an aromatic ring is 1. The van der Waals surface area contributed by atoms with Gasteiger partial charge in [-0.15, -0.1) is 0 Å².